The maximum absolute atomic E-state index is 12.5. The fraction of sp³-hybridized carbons (Fsp3) is 0.417. The number of carbonyl (C=O) groups excluding carboxylic acids is 2. The van der Waals surface area contributed by atoms with Crippen molar-refractivity contribution in [1.29, 1.82) is 0 Å². The van der Waals surface area contributed by atoms with Crippen LogP contribution in [-0.2, 0) is 16.0 Å². The fourth-order valence-electron chi connectivity index (χ4n) is 3.71. The van der Waals surface area contributed by atoms with E-state index < -0.39 is 0 Å². The number of rotatable bonds is 7. The van der Waals surface area contributed by atoms with E-state index in [4.69, 9.17) is 4.74 Å². The highest BCUT2D eigenvalue weighted by Gasteiger charge is 2.25. The summed E-state index contributed by atoms with van der Waals surface area (Å²) in [6.45, 7) is 9.34. The summed E-state index contributed by atoms with van der Waals surface area (Å²) in [5.41, 5.74) is 4.17. The van der Waals surface area contributed by atoms with Gasteiger partial charge in [-0.25, -0.2) is 0 Å². The summed E-state index contributed by atoms with van der Waals surface area (Å²) in [5.74, 6) is 0.775. The first-order valence-corrected chi connectivity index (χ1v) is 10.7. The van der Waals surface area contributed by atoms with Crippen LogP contribution in [0.5, 0.6) is 5.75 Å². The van der Waals surface area contributed by atoms with Crippen LogP contribution in [0, 0.1) is 13.8 Å². The van der Waals surface area contributed by atoms with E-state index in [1.807, 2.05) is 61.2 Å². The third-order valence-electron chi connectivity index (χ3n) is 5.60. The molecule has 0 bridgehead atoms. The molecule has 0 atom stereocenters. The maximum atomic E-state index is 12.5. The second-order valence-electron chi connectivity index (χ2n) is 7.92. The van der Waals surface area contributed by atoms with Gasteiger partial charge in [-0.15, -0.1) is 0 Å². The van der Waals surface area contributed by atoms with Gasteiger partial charge in [0.1, 0.15) is 5.75 Å². The van der Waals surface area contributed by atoms with Crippen molar-refractivity contribution in [3.05, 3.63) is 59.2 Å². The Morgan fingerprint density at radius 3 is 2.57 bits per heavy atom. The van der Waals surface area contributed by atoms with E-state index in [0.717, 1.165) is 47.6 Å². The number of nitrogens with one attached hydrogen (secondary N) is 2. The fourth-order valence-corrected chi connectivity index (χ4v) is 3.71. The molecule has 1 aliphatic rings. The smallest absolute Gasteiger partial charge is 0.279 e. The Kier molecular flexibility index (Phi) is 7.46. The molecule has 2 N–H and O–H groups in total. The van der Waals surface area contributed by atoms with Crippen molar-refractivity contribution in [3.8, 4) is 5.75 Å². The van der Waals surface area contributed by atoms with E-state index in [2.05, 4.69) is 12.2 Å². The van der Waals surface area contributed by atoms with Crippen LogP contribution >= 0.6 is 0 Å². The lowest BCUT2D eigenvalue weighted by Crippen LogP contribution is -3.15. The second-order valence-corrected chi connectivity index (χ2v) is 7.92. The molecule has 0 unspecified atom stereocenters. The molecule has 0 aromatic heterocycles. The Bertz CT molecular complexity index is 889. The summed E-state index contributed by atoms with van der Waals surface area (Å²) in [6, 6.07) is 13.9. The molecule has 2 aromatic carbocycles. The number of quaternary nitrogens is 1. The van der Waals surface area contributed by atoms with E-state index >= 15 is 0 Å². The van der Waals surface area contributed by atoms with E-state index in [1.54, 1.807) is 0 Å². The SMILES string of the molecule is CCc1ccccc1NC(=O)C[NH+]1CCN(C(=O)COc2cc(C)ccc2C)CC1. The van der Waals surface area contributed by atoms with Crippen LogP contribution in [0.2, 0.25) is 0 Å². The number of amides is 2. The maximum Gasteiger partial charge on any atom is 0.279 e. The van der Waals surface area contributed by atoms with Crippen LogP contribution in [0.25, 0.3) is 0 Å². The number of hydrogen-bond donors (Lipinski definition) is 2. The average molecular weight is 411 g/mol. The minimum absolute atomic E-state index is 0.00344. The number of ether oxygens (including phenoxy) is 1. The van der Waals surface area contributed by atoms with E-state index in [9.17, 15) is 9.59 Å². The molecule has 30 heavy (non-hydrogen) atoms. The first-order valence-electron chi connectivity index (χ1n) is 10.7. The van der Waals surface area contributed by atoms with Crippen LogP contribution in [0.15, 0.2) is 42.5 Å². The van der Waals surface area contributed by atoms with Gasteiger partial charge in [-0.05, 0) is 49.1 Å². The highest BCUT2D eigenvalue weighted by Crippen LogP contribution is 2.19. The van der Waals surface area contributed by atoms with Gasteiger partial charge in [0, 0.05) is 5.69 Å². The van der Waals surface area contributed by atoms with Crippen molar-refractivity contribution in [2.75, 3.05) is 44.6 Å². The minimum Gasteiger partial charge on any atom is -0.483 e. The number of para-hydroxylation sites is 1. The molecule has 0 spiro atoms. The molecular formula is C24H32N3O3+. The third kappa shape index (κ3) is 5.83. The molecule has 3 rings (SSSR count). The quantitative estimate of drug-likeness (QED) is 0.729. The van der Waals surface area contributed by atoms with Crippen molar-refractivity contribution in [3.63, 3.8) is 0 Å². The zero-order valence-corrected chi connectivity index (χ0v) is 18.2. The summed E-state index contributed by atoms with van der Waals surface area (Å²) in [6.07, 6.45) is 0.883. The zero-order chi connectivity index (χ0) is 21.5. The molecule has 1 heterocycles. The topological polar surface area (TPSA) is 63.1 Å². The highest BCUT2D eigenvalue weighted by molar-refractivity contribution is 5.92. The number of anilines is 1. The number of benzene rings is 2. The Morgan fingerprint density at radius 2 is 1.83 bits per heavy atom. The van der Waals surface area contributed by atoms with Crippen molar-refractivity contribution < 1.29 is 19.2 Å². The second kappa shape index (κ2) is 10.3. The molecule has 2 amide bonds. The molecule has 0 radical (unpaired) electrons. The lowest BCUT2D eigenvalue weighted by Gasteiger charge is -2.32. The van der Waals surface area contributed by atoms with Gasteiger partial charge in [0.05, 0.1) is 26.2 Å². The monoisotopic (exact) mass is 410 g/mol. The van der Waals surface area contributed by atoms with Crippen LogP contribution in [0.1, 0.15) is 23.6 Å². The normalized spacial score (nSPS) is 14.4. The summed E-state index contributed by atoms with van der Waals surface area (Å²) >= 11 is 0. The molecule has 1 fully saturated rings. The Hall–Kier alpha value is -2.86. The highest BCUT2D eigenvalue weighted by atomic mass is 16.5. The lowest BCUT2D eigenvalue weighted by atomic mass is 10.1. The van der Waals surface area contributed by atoms with Gasteiger partial charge in [0.25, 0.3) is 11.8 Å². The van der Waals surface area contributed by atoms with Gasteiger partial charge >= 0.3 is 0 Å². The molecule has 160 valence electrons. The van der Waals surface area contributed by atoms with E-state index in [1.165, 1.54) is 4.90 Å². The third-order valence-corrected chi connectivity index (χ3v) is 5.60. The molecule has 0 aliphatic carbocycles. The molecule has 2 aromatic rings. The molecule has 6 nitrogen and oxygen atoms in total. The Labute approximate surface area is 178 Å². The van der Waals surface area contributed by atoms with Crippen LogP contribution in [-0.4, -0.2) is 56.0 Å². The first-order chi connectivity index (χ1) is 14.5. The van der Waals surface area contributed by atoms with Crippen molar-refractivity contribution in [2.24, 2.45) is 0 Å². The molecule has 0 saturated carbocycles. The van der Waals surface area contributed by atoms with Crippen molar-refractivity contribution in [1.82, 2.24) is 4.90 Å². The summed E-state index contributed by atoms with van der Waals surface area (Å²) < 4.78 is 5.75. The summed E-state index contributed by atoms with van der Waals surface area (Å²) in [5, 5.41) is 3.03. The summed E-state index contributed by atoms with van der Waals surface area (Å²) in [4.78, 5) is 28.0. The minimum atomic E-state index is -0.00344. The predicted octanol–water partition coefficient (Wildman–Crippen LogP) is 1.61. The van der Waals surface area contributed by atoms with E-state index in [-0.39, 0.29) is 18.4 Å². The molecule has 6 heteroatoms. The zero-order valence-electron chi connectivity index (χ0n) is 18.2. The van der Waals surface area contributed by atoms with Gasteiger partial charge in [-0.1, -0.05) is 37.3 Å². The number of piperazine rings is 1. The Balaban J connectivity index is 1.43. The number of nitrogens with zero attached hydrogens (tertiary/aromatic N) is 1. The van der Waals surface area contributed by atoms with E-state index in [0.29, 0.717) is 19.6 Å². The standard InChI is InChI=1S/C24H31N3O3/c1-4-20-7-5-6-8-21(20)25-23(28)16-26-11-13-27(14-12-26)24(29)17-30-22-15-18(2)9-10-19(22)3/h5-10,15H,4,11-14,16-17H2,1-3H3,(H,25,28)/p+1. The summed E-state index contributed by atoms with van der Waals surface area (Å²) in [7, 11) is 0. The Morgan fingerprint density at radius 1 is 1.10 bits per heavy atom. The first kappa shape index (κ1) is 21.8. The van der Waals surface area contributed by atoms with Crippen molar-refractivity contribution >= 4 is 17.5 Å². The number of hydrogen-bond acceptors (Lipinski definition) is 3. The van der Waals surface area contributed by atoms with Crippen molar-refractivity contribution in [2.45, 2.75) is 27.2 Å². The van der Waals surface area contributed by atoms with Gasteiger partial charge in [-0.3, -0.25) is 9.59 Å². The lowest BCUT2D eigenvalue weighted by molar-refractivity contribution is -0.895. The largest absolute Gasteiger partial charge is 0.483 e. The van der Waals surface area contributed by atoms with Gasteiger partial charge in [0.15, 0.2) is 13.2 Å². The van der Waals surface area contributed by atoms with Gasteiger partial charge in [0.2, 0.25) is 0 Å². The number of aryl methyl sites for hydroxylation is 3. The van der Waals surface area contributed by atoms with Crippen LogP contribution < -0.4 is 15.0 Å². The molecular weight excluding hydrogens is 378 g/mol. The number of carbonyl (C=O) groups is 2. The van der Waals surface area contributed by atoms with Gasteiger partial charge in [-0.2, -0.15) is 0 Å². The molecule has 1 aliphatic heterocycles. The van der Waals surface area contributed by atoms with Crippen LogP contribution in [0.3, 0.4) is 0 Å². The molecule has 1 saturated heterocycles. The average Bonchev–Trinajstić information content (AvgIpc) is 2.75. The predicted molar refractivity (Wildman–Crippen MR) is 118 cm³/mol. The van der Waals surface area contributed by atoms with Crippen LogP contribution in [0.4, 0.5) is 5.69 Å². The van der Waals surface area contributed by atoms with Gasteiger partial charge < -0.3 is 19.9 Å².